The first-order chi connectivity index (χ1) is 10.3. The van der Waals surface area contributed by atoms with Crippen LogP contribution >= 0.6 is 63.7 Å². The first kappa shape index (κ1) is 22.8. The molecule has 0 unspecified atom stereocenters. The molecule has 0 atom stereocenters. The Balaban J connectivity index is 0.000000403. The molecule has 0 saturated carbocycles. The molecule has 1 radical (unpaired) electrons. The summed E-state index contributed by atoms with van der Waals surface area (Å²) >= 11 is 12.4. The summed E-state index contributed by atoms with van der Waals surface area (Å²) < 4.78 is 2.22. The summed E-state index contributed by atoms with van der Waals surface area (Å²) in [6.07, 6.45) is 1.08. The van der Waals surface area contributed by atoms with Gasteiger partial charge in [-0.05, 0) is 24.3 Å². The van der Waals surface area contributed by atoms with E-state index in [0.29, 0.717) is 30.5 Å². The topological polar surface area (TPSA) is 80.3 Å². The van der Waals surface area contributed by atoms with Gasteiger partial charge in [0.2, 0.25) is 0 Å². The van der Waals surface area contributed by atoms with Gasteiger partial charge in [0.25, 0.3) is 0 Å². The fourth-order valence-electron chi connectivity index (χ4n) is 1.34. The number of hydrogen-bond donors (Lipinski definition) is 0. The summed E-state index contributed by atoms with van der Waals surface area (Å²) in [5.41, 5.74) is 0.317. The van der Waals surface area contributed by atoms with Crippen LogP contribution in [0.15, 0.2) is 42.2 Å². The zero-order valence-electron chi connectivity index (χ0n) is 10.9. The van der Waals surface area contributed by atoms with Crippen molar-refractivity contribution in [3.63, 3.8) is 0 Å². The Kier molecular flexibility index (Phi) is 10.6. The smallest absolute Gasteiger partial charge is 0.871 e. The summed E-state index contributed by atoms with van der Waals surface area (Å²) in [5.74, 6) is -0.550. The van der Waals surface area contributed by atoms with Crippen LogP contribution in [-0.2, 0) is 17.1 Å². The number of carbonyl (C=O) groups excluding carboxylic acids is 2. The molecule has 0 saturated heterocycles. The average Bonchev–Trinajstić information content (AvgIpc) is 2.47. The molecule has 23 heavy (non-hydrogen) atoms. The first-order valence-corrected chi connectivity index (χ1v) is 8.69. The van der Waals surface area contributed by atoms with Crippen molar-refractivity contribution in [2.24, 2.45) is 0 Å². The van der Waals surface area contributed by atoms with Gasteiger partial charge in [-0.2, -0.15) is 0 Å². The zero-order chi connectivity index (χ0) is 16.9. The summed E-state index contributed by atoms with van der Waals surface area (Å²) in [5, 5.41) is 22.1. The van der Waals surface area contributed by atoms with Crippen molar-refractivity contribution in [1.82, 2.24) is 0 Å². The van der Waals surface area contributed by atoms with Crippen molar-refractivity contribution in [2.75, 3.05) is 0 Å². The number of halogens is 4. The fraction of sp³-hybridized carbons (Fsp3) is 0. The number of hydrogen-bond acceptors (Lipinski definition) is 4. The minimum absolute atomic E-state index is 0. The largest absolute Gasteiger partial charge is 2.00 e. The number of carbonyl (C=O) groups is 2. The summed E-state index contributed by atoms with van der Waals surface area (Å²) in [6.45, 7) is 0. The van der Waals surface area contributed by atoms with Gasteiger partial charge in [-0.25, -0.2) is 0 Å². The van der Waals surface area contributed by atoms with Crippen molar-refractivity contribution in [2.45, 2.75) is 0 Å². The van der Waals surface area contributed by atoms with Crippen molar-refractivity contribution in [1.29, 1.82) is 0 Å². The normalized spacial score (nSPS) is 9.22. The van der Waals surface area contributed by atoms with Crippen LogP contribution in [0, 0.1) is 0 Å². The van der Waals surface area contributed by atoms with Gasteiger partial charge in [-0.3, -0.25) is 9.59 Å². The van der Waals surface area contributed by atoms with Crippen LogP contribution < -0.4 is 10.2 Å². The van der Waals surface area contributed by atoms with Gasteiger partial charge in [0.05, 0.1) is 0 Å². The van der Waals surface area contributed by atoms with E-state index in [4.69, 9.17) is 0 Å². The van der Waals surface area contributed by atoms with E-state index in [9.17, 15) is 19.8 Å². The van der Waals surface area contributed by atoms with Crippen molar-refractivity contribution >= 4 is 76.3 Å². The van der Waals surface area contributed by atoms with Gasteiger partial charge in [0.1, 0.15) is 12.6 Å². The van der Waals surface area contributed by atoms with Crippen molar-refractivity contribution in [3.8, 4) is 11.5 Å². The van der Waals surface area contributed by atoms with Crippen LogP contribution in [-0.4, -0.2) is 12.6 Å². The van der Waals surface area contributed by atoms with E-state index in [1.807, 2.05) is 0 Å². The molecule has 2 aromatic carbocycles. The number of aldehydes is 2. The maximum absolute atomic E-state index is 11.1. The molecule has 0 aliphatic rings. The Morgan fingerprint density at radius 1 is 0.696 bits per heavy atom. The molecular weight excluding hydrogens is 615 g/mol. The molecule has 9 heteroatoms. The van der Waals surface area contributed by atoms with E-state index in [-0.39, 0.29) is 39.7 Å². The molecule has 0 aliphatic heterocycles. The monoisotopic (exact) mass is 617 g/mol. The van der Waals surface area contributed by atoms with Crippen LogP contribution in [0.1, 0.15) is 20.7 Å². The third kappa shape index (κ3) is 6.68. The second-order valence-electron chi connectivity index (χ2n) is 3.85. The second-order valence-corrected chi connectivity index (χ2v) is 7.39. The Morgan fingerprint density at radius 2 is 1.00 bits per heavy atom. The van der Waals surface area contributed by atoms with Gasteiger partial charge in [-0.1, -0.05) is 75.2 Å². The van der Waals surface area contributed by atoms with Crippen LogP contribution in [0.2, 0.25) is 0 Å². The van der Waals surface area contributed by atoms with E-state index >= 15 is 0 Å². The summed E-state index contributed by atoms with van der Waals surface area (Å²) in [6, 6.07) is 6.19. The minimum Gasteiger partial charge on any atom is -0.871 e. The minimum atomic E-state index is -0.275. The standard InChI is InChI=1S/2C7H4Br2O2.Cu/c2*8-5-1-4(3-10)7(11)6(9)2-5;/h2*1-3,11H;/q;;+2/p-2. The molecular formula is C14H6Br4CuO4. The van der Waals surface area contributed by atoms with E-state index in [2.05, 4.69) is 63.7 Å². The van der Waals surface area contributed by atoms with Gasteiger partial charge < -0.3 is 10.2 Å². The maximum atomic E-state index is 11.1. The van der Waals surface area contributed by atoms with E-state index < -0.39 is 0 Å². The quantitative estimate of drug-likeness (QED) is 0.373. The molecule has 0 heterocycles. The molecule has 0 fully saturated rings. The SMILES string of the molecule is O=Cc1cc(Br)cc(Br)c1[O-].O=Cc1cc(Br)cc(Br)c1[O-].[Cu+2]. The Hall–Kier alpha value is -0.181. The predicted octanol–water partition coefficient (Wildman–Crippen LogP) is 4.19. The van der Waals surface area contributed by atoms with Crippen LogP contribution in [0.25, 0.3) is 0 Å². The molecule has 125 valence electrons. The number of benzene rings is 2. The van der Waals surface area contributed by atoms with Gasteiger partial charge >= 0.3 is 17.1 Å². The molecule has 2 rings (SSSR count). The van der Waals surface area contributed by atoms with Crippen LogP contribution in [0.4, 0.5) is 0 Å². The third-order valence-electron chi connectivity index (χ3n) is 2.33. The Labute approximate surface area is 176 Å². The molecule has 4 nitrogen and oxygen atoms in total. The molecule has 0 aliphatic carbocycles. The van der Waals surface area contributed by atoms with Crippen molar-refractivity contribution in [3.05, 3.63) is 53.3 Å². The average molecular weight is 621 g/mol. The van der Waals surface area contributed by atoms with E-state index in [0.717, 1.165) is 0 Å². The summed E-state index contributed by atoms with van der Waals surface area (Å²) in [4.78, 5) is 20.6. The molecule has 0 spiro atoms. The van der Waals surface area contributed by atoms with Gasteiger partial charge in [-0.15, -0.1) is 0 Å². The van der Waals surface area contributed by atoms with E-state index in [1.165, 1.54) is 12.1 Å². The zero-order valence-corrected chi connectivity index (χ0v) is 18.2. The Morgan fingerprint density at radius 3 is 1.26 bits per heavy atom. The first-order valence-electron chi connectivity index (χ1n) is 5.52. The maximum Gasteiger partial charge on any atom is 2.00 e. The second kappa shape index (κ2) is 10.6. The van der Waals surface area contributed by atoms with Gasteiger partial charge in [0, 0.05) is 29.0 Å². The molecule has 0 bridgehead atoms. The predicted molar refractivity (Wildman–Crippen MR) is 93.4 cm³/mol. The summed E-state index contributed by atoms with van der Waals surface area (Å²) in [7, 11) is 0. The fourth-order valence-corrected chi connectivity index (χ4v) is 3.85. The molecule has 0 aromatic heterocycles. The van der Waals surface area contributed by atoms with E-state index in [1.54, 1.807) is 12.1 Å². The van der Waals surface area contributed by atoms with Crippen LogP contribution in [0.3, 0.4) is 0 Å². The van der Waals surface area contributed by atoms with Crippen LogP contribution in [0.5, 0.6) is 11.5 Å². The van der Waals surface area contributed by atoms with Crippen molar-refractivity contribution < 1.29 is 36.9 Å². The Bertz CT molecular complexity index is 661. The molecule has 2 aromatic rings. The number of rotatable bonds is 2. The molecule has 0 N–H and O–H groups in total. The molecule has 0 amide bonds. The third-order valence-corrected chi connectivity index (χ3v) is 4.42. The van der Waals surface area contributed by atoms with Gasteiger partial charge in [0.15, 0.2) is 0 Å².